The summed E-state index contributed by atoms with van der Waals surface area (Å²) in [6.07, 6.45) is 1.82. The Morgan fingerprint density at radius 3 is 2.40 bits per heavy atom. The second-order valence-electron chi connectivity index (χ2n) is 5.45. The molecule has 0 aliphatic heterocycles. The van der Waals surface area contributed by atoms with Crippen LogP contribution in [0.25, 0.3) is 10.9 Å². The van der Waals surface area contributed by atoms with Gasteiger partial charge in [0, 0.05) is 17.1 Å². The minimum absolute atomic E-state index is 0.554. The number of hydrogen-bond acceptors (Lipinski definition) is 2. The number of para-hydroxylation sites is 1. The zero-order valence-electron chi connectivity index (χ0n) is 11.8. The fourth-order valence-electron chi connectivity index (χ4n) is 2.58. The fraction of sp³-hybridized carbons (Fsp3) is 0.167. The van der Waals surface area contributed by atoms with E-state index in [9.17, 15) is 0 Å². The van der Waals surface area contributed by atoms with Gasteiger partial charge in [-0.15, -0.1) is 0 Å². The maximum Gasteiger partial charge on any atom is 0.0755 e. The van der Waals surface area contributed by atoms with Crippen molar-refractivity contribution in [1.29, 1.82) is 0 Å². The van der Waals surface area contributed by atoms with Gasteiger partial charge in [-0.3, -0.25) is 4.98 Å². The second-order valence-corrected chi connectivity index (χ2v) is 5.45. The zero-order chi connectivity index (χ0) is 14.2. The summed E-state index contributed by atoms with van der Waals surface area (Å²) in [6.45, 7) is 4.12. The van der Waals surface area contributed by atoms with E-state index in [-0.39, 0.29) is 0 Å². The molecule has 0 aliphatic carbocycles. The molecule has 1 heterocycles. The minimum atomic E-state index is -0.554. The monoisotopic (exact) mass is 262 g/mol. The first-order valence-electron chi connectivity index (χ1n) is 6.79. The van der Waals surface area contributed by atoms with Crippen molar-refractivity contribution in [2.45, 2.75) is 19.4 Å². The Balaban J connectivity index is 2.20. The van der Waals surface area contributed by atoms with E-state index in [1.165, 1.54) is 5.56 Å². The number of nitrogens with zero attached hydrogens (tertiary/aromatic N) is 1. The standard InChI is InChI=1S/C18H18N2/c1-13-8-10-15(11-9-13)18(2,19)16-7-3-5-14-6-4-12-20-17(14)16/h3-12H,19H2,1-2H3. The van der Waals surface area contributed by atoms with Crippen LogP contribution in [0.15, 0.2) is 60.8 Å². The molecule has 2 heteroatoms. The smallest absolute Gasteiger partial charge is 0.0755 e. The SMILES string of the molecule is Cc1ccc(C(C)(N)c2cccc3cccnc23)cc1. The van der Waals surface area contributed by atoms with E-state index >= 15 is 0 Å². The number of aromatic nitrogens is 1. The van der Waals surface area contributed by atoms with E-state index in [1.807, 2.05) is 25.3 Å². The van der Waals surface area contributed by atoms with Gasteiger partial charge in [0.05, 0.1) is 11.1 Å². The normalized spacial score (nSPS) is 14.2. The topological polar surface area (TPSA) is 38.9 Å². The Bertz CT molecular complexity index is 737. The first-order valence-corrected chi connectivity index (χ1v) is 6.79. The van der Waals surface area contributed by atoms with Gasteiger partial charge in [-0.05, 0) is 25.5 Å². The van der Waals surface area contributed by atoms with Crippen molar-refractivity contribution in [3.63, 3.8) is 0 Å². The third-order valence-corrected chi connectivity index (χ3v) is 3.84. The van der Waals surface area contributed by atoms with Crippen molar-refractivity contribution < 1.29 is 0 Å². The molecule has 100 valence electrons. The highest BCUT2D eigenvalue weighted by molar-refractivity contribution is 5.83. The summed E-state index contributed by atoms with van der Waals surface area (Å²) in [5.41, 5.74) is 10.4. The quantitative estimate of drug-likeness (QED) is 0.763. The molecule has 0 saturated heterocycles. The first-order chi connectivity index (χ1) is 9.59. The van der Waals surface area contributed by atoms with Gasteiger partial charge in [-0.25, -0.2) is 0 Å². The Morgan fingerprint density at radius 2 is 1.65 bits per heavy atom. The van der Waals surface area contributed by atoms with Gasteiger partial charge < -0.3 is 5.73 Å². The molecule has 0 amide bonds. The lowest BCUT2D eigenvalue weighted by molar-refractivity contribution is 0.607. The molecular weight excluding hydrogens is 244 g/mol. The van der Waals surface area contributed by atoms with Crippen LogP contribution in [-0.2, 0) is 5.54 Å². The van der Waals surface area contributed by atoms with Crippen LogP contribution in [0.2, 0.25) is 0 Å². The van der Waals surface area contributed by atoms with Gasteiger partial charge in [0.25, 0.3) is 0 Å². The van der Waals surface area contributed by atoms with Crippen LogP contribution in [-0.4, -0.2) is 4.98 Å². The summed E-state index contributed by atoms with van der Waals surface area (Å²) in [5.74, 6) is 0. The molecule has 1 atom stereocenters. The van der Waals surface area contributed by atoms with Crippen LogP contribution in [0.4, 0.5) is 0 Å². The number of nitrogens with two attached hydrogens (primary N) is 1. The lowest BCUT2D eigenvalue weighted by atomic mass is 9.84. The summed E-state index contributed by atoms with van der Waals surface area (Å²) < 4.78 is 0. The molecule has 0 radical (unpaired) electrons. The molecule has 1 aromatic heterocycles. The van der Waals surface area contributed by atoms with Crippen LogP contribution in [0.1, 0.15) is 23.6 Å². The maximum absolute atomic E-state index is 6.64. The van der Waals surface area contributed by atoms with E-state index in [4.69, 9.17) is 5.73 Å². The van der Waals surface area contributed by atoms with Crippen molar-refractivity contribution in [2.24, 2.45) is 5.73 Å². The average molecular weight is 262 g/mol. The van der Waals surface area contributed by atoms with E-state index in [0.717, 1.165) is 22.0 Å². The van der Waals surface area contributed by atoms with Gasteiger partial charge in [-0.1, -0.05) is 54.1 Å². The molecule has 3 rings (SSSR count). The predicted molar refractivity (Wildman–Crippen MR) is 83.6 cm³/mol. The first kappa shape index (κ1) is 12.8. The Morgan fingerprint density at radius 1 is 0.950 bits per heavy atom. The lowest BCUT2D eigenvalue weighted by Crippen LogP contribution is -2.34. The summed E-state index contributed by atoms with van der Waals surface area (Å²) >= 11 is 0. The van der Waals surface area contributed by atoms with Crippen LogP contribution in [0.5, 0.6) is 0 Å². The van der Waals surface area contributed by atoms with Crippen molar-refractivity contribution >= 4 is 10.9 Å². The van der Waals surface area contributed by atoms with Crippen LogP contribution in [0, 0.1) is 6.92 Å². The Kier molecular flexibility index (Phi) is 3.03. The molecule has 0 bridgehead atoms. The van der Waals surface area contributed by atoms with E-state index in [0.29, 0.717) is 0 Å². The lowest BCUT2D eigenvalue weighted by Gasteiger charge is -2.27. The van der Waals surface area contributed by atoms with Gasteiger partial charge in [0.15, 0.2) is 0 Å². The molecule has 2 nitrogen and oxygen atoms in total. The molecule has 0 saturated carbocycles. The van der Waals surface area contributed by atoms with Gasteiger partial charge in [0.1, 0.15) is 0 Å². The number of fused-ring (bicyclic) bond motifs is 1. The van der Waals surface area contributed by atoms with Crippen LogP contribution in [0.3, 0.4) is 0 Å². The number of benzene rings is 2. The van der Waals surface area contributed by atoms with Gasteiger partial charge >= 0.3 is 0 Å². The summed E-state index contributed by atoms with van der Waals surface area (Å²) in [6, 6.07) is 18.6. The molecule has 0 aliphatic rings. The fourth-order valence-corrected chi connectivity index (χ4v) is 2.58. The van der Waals surface area contributed by atoms with Crippen molar-refractivity contribution in [2.75, 3.05) is 0 Å². The maximum atomic E-state index is 6.64. The van der Waals surface area contributed by atoms with E-state index in [2.05, 4.69) is 54.4 Å². The predicted octanol–water partition coefficient (Wildman–Crippen LogP) is 3.77. The van der Waals surface area contributed by atoms with E-state index in [1.54, 1.807) is 0 Å². The van der Waals surface area contributed by atoms with Crippen LogP contribution >= 0.6 is 0 Å². The third kappa shape index (κ3) is 2.08. The minimum Gasteiger partial charge on any atom is -0.318 e. The molecule has 1 unspecified atom stereocenters. The van der Waals surface area contributed by atoms with Crippen molar-refractivity contribution in [3.05, 3.63) is 77.5 Å². The highest BCUT2D eigenvalue weighted by atomic mass is 14.8. The molecule has 0 fully saturated rings. The van der Waals surface area contributed by atoms with Gasteiger partial charge in [-0.2, -0.15) is 0 Å². The molecular formula is C18H18N2. The molecule has 3 aromatic rings. The Labute approximate surface area is 119 Å². The van der Waals surface area contributed by atoms with Crippen molar-refractivity contribution in [3.8, 4) is 0 Å². The van der Waals surface area contributed by atoms with E-state index < -0.39 is 5.54 Å². The van der Waals surface area contributed by atoms with Gasteiger partial charge in [0.2, 0.25) is 0 Å². The van der Waals surface area contributed by atoms with Crippen LogP contribution < -0.4 is 5.73 Å². The summed E-state index contributed by atoms with van der Waals surface area (Å²) in [5, 5.41) is 1.12. The molecule has 2 N–H and O–H groups in total. The molecule has 0 spiro atoms. The third-order valence-electron chi connectivity index (χ3n) is 3.84. The largest absolute Gasteiger partial charge is 0.318 e. The highest BCUT2D eigenvalue weighted by Gasteiger charge is 2.26. The average Bonchev–Trinajstić information content (AvgIpc) is 2.47. The summed E-state index contributed by atoms with van der Waals surface area (Å²) in [4.78, 5) is 4.51. The second kappa shape index (κ2) is 4.73. The Hall–Kier alpha value is -2.19. The zero-order valence-corrected chi connectivity index (χ0v) is 11.8. The number of hydrogen-bond donors (Lipinski definition) is 1. The number of pyridine rings is 1. The molecule has 20 heavy (non-hydrogen) atoms. The van der Waals surface area contributed by atoms with Crippen molar-refractivity contribution in [1.82, 2.24) is 4.98 Å². The summed E-state index contributed by atoms with van der Waals surface area (Å²) in [7, 11) is 0. The highest BCUT2D eigenvalue weighted by Crippen LogP contribution is 2.31. The number of aryl methyl sites for hydroxylation is 1. The number of rotatable bonds is 2. The molecule has 2 aromatic carbocycles.